The Morgan fingerprint density at radius 1 is 1.14 bits per heavy atom. The molecule has 0 spiro atoms. The number of hydrogen-bond donors (Lipinski definition) is 1. The van der Waals surface area contributed by atoms with Crippen LogP contribution in [0, 0.1) is 28.7 Å². The summed E-state index contributed by atoms with van der Waals surface area (Å²) >= 11 is 0. The van der Waals surface area contributed by atoms with E-state index >= 15 is 0 Å². The molecule has 0 heterocycles. The van der Waals surface area contributed by atoms with Crippen molar-refractivity contribution in [1.29, 1.82) is 0 Å². The van der Waals surface area contributed by atoms with E-state index in [0.717, 1.165) is 36.4 Å². The monoisotopic (exact) mass is 328 g/mol. The molecule has 1 N–H and O–H groups in total. The molecule has 22 heavy (non-hydrogen) atoms. The second kappa shape index (κ2) is 5.68. The first-order chi connectivity index (χ1) is 10.2. The molecule has 0 aliphatic heterocycles. The van der Waals surface area contributed by atoms with E-state index in [1.807, 2.05) is 0 Å². The van der Waals surface area contributed by atoms with E-state index in [-0.39, 0.29) is 16.1 Å². The van der Waals surface area contributed by atoms with Gasteiger partial charge in [-0.25, -0.2) is 12.8 Å². The number of rotatable bonds is 4. The van der Waals surface area contributed by atoms with Gasteiger partial charge in [0.05, 0.1) is 15.5 Å². The summed E-state index contributed by atoms with van der Waals surface area (Å²) in [5, 5.41) is 10.6. The van der Waals surface area contributed by atoms with Crippen LogP contribution in [0.1, 0.15) is 5.56 Å². The number of nitro benzene ring substituents is 1. The summed E-state index contributed by atoms with van der Waals surface area (Å²) < 4.78 is 52.7. The Bertz CT molecular complexity index is 853. The molecule has 116 valence electrons. The Morgan fingerprint density at radius 3 is 2.41 bits per heavy atom. The zero-order chi connectivity index (χ0) is 16.5. The van der Waals surface area contributed by atoms with E-state index in [9.17, 15) is 27.3 Å². The van der Waals surface area contributed by atoms with Crippen LogP contribution in [-0.2, 0) is 10.0 Å². The number of sulfonamides is 1. The quantitative estimate of drug-likeness (QED) is 0.690. The molecule has 0 aromatic heterocycles. The molecule has 0 saturated heterocycles. The number of nitrogens with zero attached hydrogens (tertiary/aromatic N) is 1. The minimum atomic E-state index is -4.08. The van der Waals surface area contributed by atoms with Crippen molar-refractivity contribution < 1.29 is 22.1 Å². The molecule has 0 fully saturated rings. The minimum absolute atomic E-state index is 0.170. The third-order valence-electron chi connectivity index (χ3n) is 2.82. The Balaban J connectivity index is 2.41. The average molecular weight is 328 g/mol. The molecular weight excluding hydrogens is 318 g/mol. The van der Waals surface area contributed by atoms with Crippen LogP contribution < -0.4 is 4.72 Å². The Hall–Kier alpha value is -2.55. The van der Waals surface area contributed by atoms with E-state index in [0.29, 0.717) is 0 Å². The van der Waals surface area contributed by atoms with E-state index in [4.69, 9.17) is 0 Å². The van der Waals surface area contributed by atoms with E-state index in [2.05, 4.69) is 4.72 Å². The Morgan fingerprint density at radius 2 is 1.82 bits per heavy atom. The van der Waals surface area contributed by atoms with Crippen molar-refractivity contribution in [2.75, 3.05) is 4.72 Å². The summed E-state index contributed by atoms with van der Waals surface area (Å²) in [5.74, 6) is -1.67. The van der Waals surface area contributed by atoms with Crippen LogP contribution in [0.5, 0.6) is 0 Å². The predicted molar refractivity (Wildman–Crippen MR) is 75.0 cm³/mol. The number of nitro groups is 1. The van der Waals surface area contributed by atoms with Crippen LogP contribution in [0.4, 0.5) is 20.2 Å². The second-order valence-corrected chi connectivity index (χ2v) is 6.09. The second-order valence-electron chi connectivity index (χ2n) is 4.44. The Labute approximate surface area is 124 Å². The zero-order valence-electron chi connectivity index (χ0n) is 11.2. The van der Waals surface area contributed by atoms with Gasteiger partial charge in [0.25, 0.3) is 10.0 Å². The summed E-state index contributed by atoms with van der Waals surface area (Å²) in [7, 11) is -4.08. The van der Waals surface area contributed by atoms with Crippen molar-refractivity contribution in [3.63, 3.8) is 0 Å². The number of halogens is 2. The SMILES string of the molecule is Cc1cc(F)ccc1S(=O)(=O)Nc1ccc(F)c([N+](=O)[O-])c1. The van der Waals surface area contributed by atoms with Crippen molar-refractivity contribution >= 4 is 21.4 Å². The molecule has 0 aliphatic rings. The standard InChI is InChI=1S/C13H10F2N2O4S/c1-8-6-9(14)2-5-13(8)22(20,21)16-10-3-4-11(15)12(7-10)17(18)19/h2-7,16H,1H3. The molecule has 6 nitrogen and oxygen atoms in total. The van der Waals surface area contributed by atoms with Gasteiger partial charge in [0.15, 0.2) is 0 Å². The normalized spacial score (nSPS) is 11.2. The first-order valence-electron chi connectivity index (χ1n) is 5.93. The highest BCUT2D eigenvalue weighted by Crippen LogP contribution is 2.25. The average Bonchev–Trinajstić information content (AvgIpc) is 2.39. The van der Waals surface area contributed by atoms with Gasteiger partial charge >= 0.3 is 5.69 Å². The fourth-order valence-corrected chi connectivity index (χ4v) is 3.12. The third-order valence-corrected chi connectivity index (χ3v) is 4.36. The van der Waals surface area contributed by atoms with Gasteiger partial charge in [-0.1, -0.05) is 0 Å². The molecule has 0 aliphatic carbocycles. The Kier molecular flexibility index (Phi) is 4.09. The molecule has 0 saturated carbocycles. The molecule has 2 aromatic rings. The summed E-state index contributed by atoms with van der Waals surface area (Å²) in [5.41, 5.74) is -0.850. The minimum Gasteiger partial charge on any atom is -0.279 e. The maximum Gasteiger partial charge on any atom is 0.306 e. The van der Waals surface area contributed by atoms with Crippen molar-refractivity contribution in [2.24, 2.45) is 0 Å². The lowest BCUT2D eigenvalue weighted by atomic mass is 10.2. The van der Waals surface area contributed by atoms with Gasteiger partial charge in [-0.3, -0.25) is 14.8 Å². The summed E-state index contributed by atoms with van der Waals surface area (Å²) in [6.07, 6.45) is 0. The largest absolute Gasteiger partial charge is 0.306 e. The molecule has 2 rings (SSSR count). The fraction of sp³-hybridized carbons (Fsp3) is 0.0769. The molecule has 0 radical (unpaired) electrons. The zero-order valence-corrected chi connectivity index (χ0v) is 12.0. The lowest BCUT2D eigenvalue weighted by molar-refractivity contribution is -0.387. The van der Waals surface area contributed by atoms with E-state index in [1.54, 1.807) is 0 Å². The van der Waals surface area contributed by atoms with Gasteiger partial charge in [0, 0.05) is 6.07 Å². The molecule has 0 amide bonds. The smallest absolute Gasteiger partial charge is 0.279 e. The highest BCUT2D eigenvalue weighted by molar-refractivity contribution is 7.92. The van der Waals surface area contributed by atoms with Gasteiger partial charge in [-0.15, -0.1) is 0 Å². The lowest BCUT2D eigenvalue weighted by Crippen LogP contribution is -2.14. The predicted octanol–water partition coefficient (Wildman–Crippen LogP) is 2.98. The number of nitrogens with one attached hydrogen (secondary N) is 1. The van der Waals surface area contributed by atoms with E-state index < -0.39 is 32.3 Å². The van der Waals surface area contributed by atoms with Gasteiger partial charge in [-0.2, -0.15) is 4.39 Å². The maximum absolute atomic E-state index is 13.2. The van der Waals surface area contributed by atoms with Crippen LogP contribution in [0.25, 0.3) is 0 Å². The van der Waals surface area contributed by atoms with Crippen molar-refractivity contribution in [3.05, 3.63) is 63.7 Å². The fourth-order valence-electron chi connectivity index (χ4n) is 1.84. The van der Waals surface area contributed by atoms with Gasteiger partial charge in [0.2, 0.25) is 5.82 Å². The van der Waals surface area contributed by atoms with E-state index in [1.165, 1.54) is 6.92 Å². The summed E-state index contributed by atoms with van der Waals surface area (Å²) in [4.78, 5) is 9.51. The number of aryl methyl sites for hydroxylation is 1. The first-order valence-corrected chi connectivity index (χ1v) is 7.42. The molecule has 0 atom stereocenters. The third kappa shape index (κ3) is 3.19. The summed E-state index contributed by atoms with van der Waals surface area (Å²) in [6, 6.07) is 5.71. The lowest BCUT2D eigenvalue weighted by Gasteiger charge is -2.10. The molecule has 2 aromatic carbocycles. The van der Waals surface area contributed by atoms with Crippen LogP contribution in [0.2, 0.25) is 0 Å². The van der Waals surface area contributed by atoms with Crippen LogP contribution >= 0.6 is 0 Å². The van der Waals surface area contributed by atoms with Crippen LogP contribution in [0.15, 0.2) is 41.3 Å². The number of anilines is 1. The van der Waals surface area contributed by atoms with Crippen molar-refractivity contribution in [3.8, 4) is 0 Å². The topological polar surface area (TPSA) is 89.3 Å². The number of hydrogen-bond acceptors (Lipinski definition) is 4. The molecule has 0 bridgehead atoms. The van der Waals surface area contributed by atoms with Crippen LogP contribution in [0.3, 0.4) is 0 Å². The highest BCUT2D eigenvalue weighted by atomic mass is 32.2. The summed E-state index contributed by atoms with van der Waals surface area (Å²) in [6.45, 7) is 1.41. The molecule has 9 heteroatoms. The first kappa shape index (κ1) is 15.8. The van der Waals surface area contributed by atoms with Gasteiger partial charge < -0.3 is 0 Å². The number of benzene rings is 2. The highest BCUT2D eigenvalue weighted by Gasteiger charge is 2.20. The van der Waals surface area contributed by atoms with Crippen molar-refractivity contribution in [1.82, 2.24) is 0 Å². The van der Waals surface area contributed by atoms with Gasteiger partial charge in [0.1, 0.15) is 5.82 Å². The van der Waals surface area contributed by atoms with Gasteiger partial charge in [-0.05, 0) is 42.8 Å². The maximum atomic E-state index is 13.2. The van der Waals surface area contributed by atoms with Crippen molar-refractivity contribution in [2.45, 2.75) is 11.8 Å². The molecular formula is C13H10F2N2O4S. The molecule has 0 unspecified atom stereocenters. The van der Waals surface area contributed by atoms with Crippen LogP contribution in [-0.4, -0.2) is 13.3 Å².